The highest BCUT2D eigenvalue weighted by molar-refractivity contribution is 7.18. The van der Waals surface area contributed by atoms with Gasteiger partial charge in [0.1, 0.15) is 5.01 Å². The van der Waals surface area contributed by atoms with Crippen LogP contribution in [0.2, 0.25) is 0 Å². The number of aromatic amines is 1. The lowest BCUT2D eigenvalue weighted by atomic mass is 10.1. The topological polar surface area (TPSA) is 92.5 Å². The van der Waals surface area contributed by atoms with Crippen LogP contribution in [0.25, 0.3) is 21.5 Å². The first-order chi connectivity index (χ1) is 13.2. The van der Waals surface area contributed by atoms with Gasteiger partial charge in [0.15, 0.2) is 0 Å². The van der Waals surface area contributed by atoms with E-state index < -0.39 is 0 Å². The minimum Gasteiger partial charge on any atom is -0.359 e. The number of benzene rings is 2. The highest BCUT2D eigenvalue weighted by Gasteiger charge is 2.10. The molecule has 4 aromatic rings. The summed E-state index contributed by atoms with van der Waals surface area (Å²) in [6, 6.07) is 16.7. The predicted molar refractivity (Wildman–Crippen MR) is 111 cm³/mol. The molecule has 0 saturated carbocycles. The van der Waals surface area contributed by atoms with Crippen LogP contribution in [-0.4, -0.2) is 33.0 Å². The standard InChI is InChI=1S/C20H22N6S/c1-13-17-11-15(8-10-18(17)24-23-13)19-25-26-20(27-19)22-12-16(21)9-7-14-5-3-2-4-6-14/h2-6,8,10-11,16H,7,9,12,21H2,1H3,(H,22,26)(H,23,24). The van der Waals surface area contributed by atoms with Crippen LogP contribution in [0, 0.1) is 6.92 Å². The summed E-state index contributed by atoms with van der Waals surface area (Å²) in [5, 5.41) is 21.9. The van der Waals surface area contributed by atoms with Crippen LogP contribution in [0.4, 0.5) is 5.13 Å². The SMILES string of the molecule is Cc1n[nH]c2ccc(-c3nnc(NCC(N)CCc4ccccc4)s3)cc12. The summed E-state index contributed by atoms with van der Waals surface area (Å²) in [5.74, 6) is 0. The number of aryl methyl sites for hydroxylation is 2. The van der Waals surface area contributed by atoms with Crippen LogP contribution in [0.5, 0.6) is 0 Å². The Hall–Kier alpha value is -2.77. The maximum Gasteiger partial charge on any atom is 0.206 e. The molecule has 4 rings (SSSR count). The molecule has 4 N–H and O–H groups in total. The predicted octanol–water partition coefficient (Wildman–Crippen LogP) is 3.76. The molecule has 1 unspecified atom stereocenters. The van der Waals surface area contributed by atoms with E-state index in [4.69, 9.17) is 5.73 Å². The number of anilines is 1. The summed E-state index contributed by atoms with van der Waals surface area (Å²) in [5.41, 5.74) is 10.6. The molecule has 138 valence electrons. The van der Waals surface area contributed by atoms with Gasteiger partial charge in [-0.2, -0.15) is 5.10 Å². The van der Waals surface area contributed by atoms with Crippen LogP contribution in [0.3, 0.4) is 0 Å². The van der Waals surface area contributed by atoms with E-state index in [-0.39, 0.29) is 6.04 Å². The van der Waals surface area contributed by atoms with E-state index in [2.05, 4.69) is 56.0 Å². The Morgan fingerprint density at radius 2 is 2.00 bits per heavy atom. The molecule has 27 heavy (non-hydrogen) atoms. The van der Waals surface area contributed by atoms with Crippen molar-refractivity contribution in [2.45, 2.75) is 25.8 Å². The molecule has 0 fully saturated rings. The first-order valence-corrected chi connectivity index (χ1v) is 9.82. The fraction of sp³-hybridized carbons (Fsp3) is 0.250. The van der Waals surface area contributed by atoms with Crippen molar-refractivity contribution in [2.24, 2.45) is 5.73 Å². The maximum absolute atomic E-state index is 6.24. The summed E-state index contributed by atoms with van der Waals surface area (Å²) >= 11 is 1.54. The third kappa shape index (κ3) is 4.15. The molecule has 6 nitrogen and oxygen atoms in total. The number of H-pyrrole nitrogens is 1. The number of nitrogens with zero attached hydrogens (tertiary/aromatic N) is 3. The van der Waals surface area contributed by atoms with Crippen molar-refractivity contribution in [3.05, 3.63) is 59.8 Å². The van der Waals surface area contributed by atoms with Crippen molar-refractivity contribution in [1.29, 1.82) is 0 Å². The van der Waals surface area contributed by atoms with E-state index in [1.54, 1.807) is 0 Å². The van der Waals surface area contributed by atoms with Gasteiger partial charge in [-0.15, -0.1) is 10.2 Å². The van der Waals surface area contributed by atoms with Gasteiger partial charge in [-0.05, 0) is 43.5 Å². The van der Waals surface area contributed by atoms with Crippen molar-refractivity contribution in [3.8, 4) is 10.6 Å². The summed E-state index contributed by atoms with van der Waals surface area (Å²) in [6.45, 7) is 2.67. The molecule has 7 heteroatoms. The van der Waals surface area contributed by atoms with Crippen LogP contribution in [0.15, 0.2) is 48.5 Å². The van der Waals surface area contributed by atoms with E-state index in [0.29, 0.717) is 6.54 Å². The zero-order valence-corrected chi connectivity index (χ0v) is 16.0. The average Bonchev–Trinajstić information content (AvgIpc) is 3.32. The maximum atomic E-state index is 6.24. The number of nitrogens with one attached hydrogen (secondary N) is 2. The molecular weight excluding hydrogens is 356 g/mol. The molecule has 0 aliphatic heterocycles. The Bertz CT molecular complexity index is 1020. The molecule has 0 spiro atoms. The number of rotatable bonds is 7. The number of hydrogen-bond donors (Lipinski definition) is 3. The fourth-order valence-corrected chi connectivity index (χ4v) is 3.75. The van der Waals surface area contributed by atoms with Crippen LogP contribution in [0.1, 0.15) is 17.7 Å². The normalized spacial score (nSPS) is 12.4. The molecule has 2 aromatic carbocycles. The number of aromatic nitrogens is 4. The van der Waals surface area contributed by atoms with Gasteiger partial charge in [0.2, 0.25) is 5.13 Å². The van der Waals surface area contributed by atoms with Gasteiger partial charge in [0.25, 0.3) is 0 Å². The van der Waals surface area contributed by atoms with Crippen molar-refractivity contribution >= 4 is 27.4 Å². The quantitative estimate of drug-likeness (QED) is 0.455. The second-order valence-electron chi connectivity index (χ2n) is 6.65. The molecule has 0 radical (unpaired) electrons. The number of hydrogen-bond acceptors (Lipinski definition) is 6. The van der Waals surface area contributed by atoms with Crippen molar-refractivity contribution in [2.75, 3.05) is 11.9 Å². The fourth-order valence-electron chi connectivity index (χ4n) is 3.01. The van der Waals surface area contributed by atoms with Gasteiger partial charge in [-0.1, -0.05) is 41.7 Å². The zero-order chi connectivity index (χ0) is 18.6. The third-order valence-electron chi connectivity index (χ3n) is 4.59. The molecule has 2 aromatic heterocycles. The highest BCUT2D eigenvalue weighted by Crippen LogP contribution is 2.29. The van der Waals surface area contributed by atoms with Gasteiger partial charge in [-0.25, -0.2) is 0 Å². The average molecular weight is 379 g/mol. The molecular formula is C20H22N6S. The monoisotopic (exact) mass is 378 g/mol. The third-order valence-corrected chi connectivity index (χ3v) is 5.52. The van der Waals surface area contributed by atoms with Gasteiger partial charge in [0, 0.05) is 23.5 Å². The van der Waals surface area contributed by atoms with Crippen molar-refractivity contribution < 1.29 is 0 Å². The lowest BCUT2D eigenvalue weighted by Crippen LogP contribution is -2.29. The second-order valence-corrected chi connectivity index (χ2v) is 7.62. The zero-order valence-electron chi connectivity index (χ0n) is 15.1. The number of nitrogens with two attached hydrogens (primary N) is 1. The van der Waals surface area contributed by atoms with Gasteiger partial charge in [0.05, 0.1) is 11.2 Å². The van der Waals surface area contributed by atoms with Gasteiger partial charge in [-0.3, -0.25) is 5.10 Å². The largest absolute Gasteiger partial charge is 0.359 e. The summed E-state index contributed by atoms with van der Waals surface area (Å²) in [4.78, 5) is 0. The molecule has 0 aliphatic rings. The van der Waals surface area contributed by atoms with Gasteiger partial charge >= 0.3 is 0 Å². The first kappa shape index (κ1) is 17.6. The van der Waals surface area contributed by atoms with E-state index in [9.17, 15) is 0 Å². The molecule has 0 aliphatic carbocycles. The molecule has 2 heterocycles. The Labute approximate surface area is 161 Å². The first-order valence-electron chi connectivity index (χ1n) is 9.01. The summed E-state index contributed by atoms with van der Waals surface area (Å²) < 4.78 is 0. The van der Waals surface area contributed by atoms with Crippen LogP contribution < -0.4 is 11.1 Å². The van der Waals surface area contributed by atoms with E-state index in [1.165, 1.54) is 16.9 Å². The van der Waals surface area contributed by atoms with Gasteiger partial charge < -0.3 is 11.1 Å². The van der Waals surface area contributed by atoms with E-state index in [0.717, 1.165) is 45.1 Å². The van der Waals surface area contributed by atoms with Crippen molar-refractivity contribution in [3.63, 3.8) is 0 Å². The van der Waals surface area contributed by atoms with E-state index >= 15 is 0 Å². The smallest absolute Gasteiger partial charge is 0.206 e. The van der Waals surface area contributed by atoms with E-state index in [1.807, 2.05) is 25.1 Å². The summed E-state index contributed by atoms with van der Waals surface area (Å²) in [7, 11) is 0. The molecule has 0 amide bonds. The number of fused-ring (bicyclic) bond motifs is 1. The second kappa shape index (κ2) is 7.85. The Morgan fingerprint density at radius 1 is 1.15 bits per heavy atom. The minimum atomic E-state index is 0.0717. The molecule has 0 saturated heterocycles. The van der Waals surface area contributed by atoms with Crippen LogP contribution >= 0.6 is 11.3 Å². The summed E-state index contributed by atoms with van der Waals surface area (Å²) in [6.07, 6.45) is 1.91. The highest BCUT2D eigenvalue weighted by atomic mass is 32.1. The lowest BCUT2D eigenvalue weighted by molar-refractivity contribution is 0.638. The molecule has 1 atom stereocenters. The van der Waals surface area contributed by atoms with Crippen molar-refractivity contribution in [1.82, 2.24) is 20.4 Å². The minimum absolute atomic E-state index is 0.0717. The Morgan fingerprint density at radius 3 is 2.85 bits per heavy atom. The van der Waals surface area contributed by atoms with Crippen LogP contribution in [-0.2, 0) is 6.42 Å². The Kier molecular flexibility index (Phi) is 5.13. The lowest BCUT2D eigenvalue weighted by Gasteiger charge is -2.11. The molecule has 0 bridgehead atoms. The Balaban J connectivity index is 1.35.